The highest BCUT2D eigenvalue weighted by molar-refractivity contribution is 5.87. The van der Waals surface area contributed by atoms with Gasteiger partial charge in [-0.1, -0.05) is 11.7 Å². The predicted molar refractivity (Wildman–Crippen MR) is 55.0 cm³/mol. The summed E-state index contributed by atoms with van der Waals surface area (Å²) in [6.07, 6.45) is 3.29. The average Bonchev–Trinajstić information content (AvgIpc) is 2.69. The Hall–Kier alpha value is -0.990. The quantitative estimate of drug-likeness (QED) is 0.648. The molecule has 1 aliphatic heterocycles. The van der Waals surface area contributed by atoms with Crippen molar-refractivity contribution in [1.82, 2.24) is 0 Å². The van der Waals surface area contributed by atoms with Crippen molar-refractivity contribution in [2.75, 3.05) is 6.61 Å². The van der Waals surface area contributed by atoms with Crippen molar-refractivity contribution in [2.45, 2.75) is 38.7 Å². The lowest BCUT2D eigenvalue weighted by Gasteiger charge is -2.28. The number of ether oxygens (including phenoxy) is 1. The van der Waals surface area contributed by atoms with Gasteiger partial charge < -0.3 is 9.57 Å². The van der Waals surface area contributed by atoms with Crippen LogP contribution >= 0.6 is 0 Å². The lowest BCUT2D eigenvalue weighted by Crippen LogP contribution is -2.36. The van der Waals surface area contributed by atoms with E-state index in [1.807, 2.05) is 13.8 Å². The lowest BCUT2D eigenvalue weighted by molar-refractivity contribution is -0.0431. The Morgan fingerprint density at radius 3 is 3.29 bits per heavy atom. The van der Waals surface area contributed by atoms with Crippen LogP contribution in [0.15, 0.2) is 17.5 Å². The molecule has 0 radical (unpaired) electrons. The first-order valence-corrected chi connectivity index (χ1v) is 5.25. The molecule has 0 aromatic rings. The van der Waals surface area contributed by atoms with E-state index < -0.39 is 0 Å². The van der Waals surface area contributed by atoms with Crippen LogP contribution in [0.4, 0.5) is 0 Å². The fourth-order valence-corrected chi connectivity index (χ4v) is 2.53. The highest BCUT2D eigenvalue weighted by atomic mass is 16.7. The van der Waals surface area contributed by atoms with Gasteiger partial charge in [0.05, 0.1) is 18.2 Å². The molecule has 2 atom stereocenters. The molecular formula is C11H17NO2. The third-order valence-electron chi connectivity index (χ3n) is 3.25. The van der Waals surface area contributed by atoms with Crippen LogP contribution in [0.25, 0.3) is 0 Å². The molecule has 3 nitrogen and oxygen atoms in total. The molecule has 1 aliphatic carbocycles. The zero-order chi connectivity index (χ0) is 10.2. The van der Waals surface area contributed by atoms with Gasteiger partial charge in [-0.05, 0) is 33.1 Å². The topological polar surface area (TPSA) is 30.8 Å². The van der Waals surface area contributed by atoms with Gasteiger partial charge in [-0.3, -0.25) is 0 Å². The van der Waals surface area contributed by atoms with E-state index in [4.69, 9.17) is 9.57 Å². The van der Waals surface area contributed by atoms with E-state index in [2.05, 4.69) is 11.7 Å². The van der Waals surface area contributed by atoms with E-state index in [0.29, 0.717) is 12.5 Å². The molecule has 0 amide bonds. The fourth-order valence-electron chi connectivity index (χ4n) is 2.53. The molecule has 14 heavy (non-hydrogen) atoms. The number of hydrogen-bond acceptors (Lipinski definition) is 3. The Morgan fingerprint density at radius 1 is 1.79 bits per heavy atom. The van der Waals surface area contributed by atoms with Crippen LogP contribution in [-0.2, 0) is 9.57 Å². The Kier molecular flexibility index (Phi) is 2.25. The van der Waals surface area contributed by atoms with E-state index in [1.165, 1.54) is 6.42 Å². The summed E-state index contributed by atoms with van der Waals surface area (Å²) >= 11 is 0. The summed E-state index contributed by atoms with van der Waals surface area (Å²) in [5.41, 5.74) is 0.753. The summed E-state index contributed by atoms with van der Waals surface area (Å²) in [5.74, 6) is 1.14. The molecule has 0 N–H and O–H groups in total. The van der Waals surface area contributed by atoms with Gasteiger partial charge in [-0.25, -0.2) is 0 Å². The average molecular weight is 195 g/mol. The van der Waals surface area contributed by atoms with E-state index >= 15 is 0 Å². The van der Waals surface area contributed by atoms with Crippen molar-refractivity contribution >= 4 is 5.71 Å². The van der Waals surface area contributed by atoms with Crippen LogP contribution in [0.1, 0.15) is 33.1 Å². The van der Waals surface area contributed by atoms with Crippen LogP contribution in [0.5, 0.6) is 0 Å². The van der Waals surface area contributed by atoms with Crippen molar-refractivity contribution in [1.29, 1.82) is 0 Å². The summed E-state index contributed by atoms with van der Waals surface area (Å²) in [6, 6.07) is 0. The van der Waals surface area contributed by atoms with Crippen LogP contribution in [0, 0.1) is 5.92 Å². The molecule has 2 aliphatic rings. The van der Waals surface area contributed by atoms with Crippen molar-refractivity contribution in [3.63, 3.8) is 0 Å². The second kappa shape index (κ2) is 3.30. The van der Waals surface area contributed by atoms with Gasteiger partial charge in [0, 0.05) is 0 Å². The van der Waals surface area contributed by atoms with Gasteiger partial charge in [0.25, 0.3) is 0 Å². The maximum atomic E-state index is 5.55. The van der Waals surface area contributed by atoms with Gasteiger partial charge >= 0.3 is 0 Å². The van der Waals surface area contributed by atoms with Crippen molar-refractivity contribution < 1.29 is 9.57 Å². The molecule has 0 spiro atoms. The highest BCUT2D eigenvalue weighted by Crippen LogP contribution is 2.47. The number of rotatable bonds is 3. The number of oxime groups is 1. The Balaban J connectivity index is 2.20. The Bertz CT molecular complexity index is 285. The van der Waals surface area contributed by atoms with Gasteiger partial charge in [0.1, 0.15) is 5.76 Å². The molecule has 0 aromatic carbocycles. The first-order valence-electron chi connectivity index (χ1n) is 5.25. The normalized spacial score (nSPS) is 34.7. The highest BCUT2D eigenvalue weighted by Gasteiger charge is 2.54. The fraction of sp³-hybridized carbons (Fsp3) is 0.727. The monoisotopic (exact) mass is 195 g/mol. The summed E-state index contributed by atoms with van der Waals surface area (Å²) in [5, 5.41) is 4.07. The molecule has 0 saturated heterocycles. The summed E-state index contributed by atoms with van der Waals surface area (Å²) in [6.45, 7) is 8.61. The van der Waals surface area contributed by atoms with E-state index in [9.17, 15) is 0 Å². The maximum Gasteiger partial charge on any atom is 0.201 e. The molecule has 1 heterocycles. The maximum absolute atomic E-state index is 5.55. The first kappa shape index (κ1) is 9.56. The van der Waals surface area contributed by atoms with Crippen LogP contribution in [0.2, 0.25) is 0 Å². The lowest BCUT2D eigenvalue weighted by atomic mass is 9.87. The molecular weight excluding hydrogens is 178 g/mol. The molecule has 2 unspecified atom stereocenters. The third kappa shape index (κ3) is 1.15. The number of nitrogens with zero attached hydrogens (tertiary/aromatic N) is 1. The second-order valence-corrected chi connectivity index (χ2v) is 4.01. The minimum Gasteiger partial charge on any atom is -0.494 e. The third-order valence-corrected chi connectivity index (χ3v) is 3.25. The van der Waals surface area contributed by atoms with E-state index in [-0.39, 0.29) is 5.60 Å². The van der Waals surface area contributed by atoms with Crippen molar-refractivity contribution in [2.24, 2.45) is 11.1 Å². The van der Waals surface area contributed by atoms with Gasteiger partial charge in [-0.15, -0.1) is 0 Å². The molecule has 2 rings (SSSR count). The molecule has 3 heteroatoms. The van der Waals surface area contributed by atoms with Crippen LogP contribution < -0.4 is 0 Å². The van der Waals surface area contributed by atoms with Gasteiger partial charge in [0.15, 0.2) is 0 Å². The Morgan fingerprint density at radius 2 is 2.57 bits per heavy atom. The number of fused-ring (bicyclic) bond motifs is 1. The van der Waals surface area contributed by atoms with Crippen LogP contribution in [-0.4, -0.2) is 17.9 Å². The minimum atomic E-state index is -0.333. The van der Waals surface area contributed by atoms with Crippen molar-refractivity contribution in [3.8, 4) is 0 Å². The zero-order valence-electron chi connectivity index (χ0n) is 8.88. The molecule has 0 aromatic heterocycles. The van der Waals surface area contributed by atoms with Gasteiger partial charge in [-0.2, -0.15) is 0 Å². The second-order valence-electron chi connectivity index (χ2n) is 4.01. The molecule has 1 fully saturated rings. The molecule has 0 bridgehead atoms. The van der Waals surface area contributed by atoms with E-state index in [1.54, 1.807) is 0 Å². The first-order chi connectivity index (χ1) is 6.70. The molecule has 78 valence electrons. The van der Waals surface area contributed by atoms with Gasteiger partial charge in [0.2, 0.25) is 5.60 Å². The SMILES string of the molecule is C=C(OCC)C12CCCC1C(C)=NO2. The summed E-state index contributed by atoms with van der Waals surface area (Å²) < 4.78 is 5.49. The number of hydrogen-bond donors (Lipinski definition) is 0. The summed E-state index contributed by atoms with van der Waals surface area (Å²) in [4.78, 5) is 5.55. The minimum absolute atomic E-state index is 0.333. The van der Waals surface area contributed by atoms with E-state index in [0.717, 1.165) is 24.3 Å². The molecule has 1 saturated carbocycles. The van der Waals surface area contributed by atoms with Crippen LogP contribution in [0.3, 0.4) is 0 Å². The summed E-state index contributed by atoms with van der Waals surface area (Å²) in [7, 11) is 0. The Labute approximate surface area is 84.8 Å². The smallest absolute Gasteiger partial charge is 0.201 e. The standard InChI is InChI=1S/C11H17NO2/c1-4-13-9(3)11-7-5-6-10(11)8(2)12-14-11/h10H,3-7H2,1-2H3. The zero-order valence-corrected chi connectivity index (χ0v) is 8.88. The van der Waals surface area contributed by atoms with Crippen molar-refractivity contribution in [3.05, 3.63) is 12.3 Å². The predicted octanol–water partition coefficient (Wildman–Crippen LogP) is 2.48. The largest absolute Gasteiger partial charge is 0.494 e.